The molecule has 0 radical (unpaired) electrons. The van der Waals surface area contributed by atoms with E-state index >= 15 is 0 Å². The molecule has 1 atom stereocenters. The van der Waals surface area contributed by atoms with Crippen LogP contribution in [-0.4, -0.2) is 46.4 Å². The Morgan fingerprint density at radius 2 is 2.14 bits per heavy atom. The van der Waals surface area contributed by atoms with E-state index in [2.05, 4.69) is 15.3 Å². The third-order valence-corrected chi connectivity index (χ3v) is 5.04. The smallest absolute Gasteiger partial charge is 0.255 e. The van der Waals surface area contributed by atoms with Crippen molar-refractivity contribution in [1.82, 2.24) is 20.2 Å². The van der Waals surface area contributed by atoms with Crippen molar-refractivity contribution in [2.24, 2.45) is 0 Å². The quantitative estimate of drug-likeness (QED) is 0.699. The molecule has 0 bridgehead atoms. The minimum absolute atomic E-state index is 0.0276. The summed E-state index contributed by atoms with van der Waals surface area (Å²) in [5.41, 5.74) is 2.15. The highest BCUT2D eigenvalue weighted by Crippen LogP contribution is 2.24. The Balaban J connectivity index is 1.70. The second-order valence-electron chi connectivity index (χ2n) is 7.08. The molecule has 29 heavy (non-hydrogen) atoms. The fourth-order valence-electron chi connectivity index (χ4n) is 3.61. The van der Waals surface area contributed by atoms with Gasteiger partial charge in [-0.25, -0.2) is 4.98 Å². The van der Waals surface area contributed by atoms with E-state index in [0.29, 0.717) is 36.5 Å². The molecule has 7 heteroatoms. The lowest BCUT2D eigenvalue weighted by Gasteiger charge is -2.26. The van der Waals surface area contributed by atoms with Gasteiger partial charge in [-0.1, -0.05) is 24.3 Å². The van der Waals surface area contributed by atoms with Gasteiger partial charge in [-0.05, 0) is 24.1 Å². The number of nitrogens with zero attached hydrogens (tertiary/aromatic N) is 3. The Kier molecular flexibility index (Phi) is 5.37. The first-order chi connectivity index (χ1) is 14.1. The number of fused-ring (bicyclic) bond motifs is 1. The van der Waals surface area contributed by atoms with Gasteiger partial charge < -0.3 is 15.0 Å². The van der Waals surface area contributed by atoms with Gasteiger partial charge in [0.25, 0.3) is 5.91 Å². The van der Waals surface area contributed by atoms with Crippen LogP contribution in [0.5, 0.6) is 5.88 Å². The van der Waals surface area contributed by atoms with E-state index in [1.54, 1.807) is 23.4 Å². The lowest BCUT2D eigenvalue weighted by atomic mass is 10.1. The van der Waals surface area contributed by atoms with E-state index < -0.39 is 0 Å². The number of nitrogens with one attached hydrogen (secondary N) is 1. The number of carbonyl (C=O) groups is 2. The summed E-state index contributed by atoms with van der Waals surface area (Å²) in [6.07, 6.45) is 4.66. The van der Waals surface area contributed by atoms with Crippen LogP contribution in [0.1, 0.15) is 28.8 Å². The minimum atomic E-state index is -0.132. The number of methoxy groups -OCH3 is 1. The fourth-order valence-corrected chi connectivity index (χ4v) is 3.61. The maximum absolute atomic E-state index is 13.6. The zero-order valence-electron chi connectivity index (χ0n) is 16.2. The Labute approximate surface area is 168 Å². The van der Waals surface area contributed by atoms with Gasteiger partial charge in [-0.15, -0.1) is 0 Å². The molecule has 2 aromatic heterocycles. The third-order valence-electron chi connectivity index (χ3n) is 5.04. The molecule has 1 aromatic carbocycles. The molecule has 0 spiro atoms. The Bertz CT molecular complexity index is 1040. The van der Waals surface area contributed by atoms with Crippen LogP contribution in [0.15, 0.2) is 54.9 Å². The summed E-state index contributed by atoms with van der Waals surface area (Å²) in [7, 11) is 1.53. The summed E-state index contributed by atoms with van der Waals surface area (Å²) in [5.74, 6) is 0.286. The molecule has 148 valence electrons. The van der Waals surface area contributed by atoms with Crippen molar-refractivity contribution in [3.05, 3.63) is 66.0 Å². The summed E-state index contributed by atoms with van der Waals surface area (Å²) >= 11 is 0. The SMILES string of the molecule is COc1cc(C(=O)N(Cc2cccnc2)C[C@@H]2CCC(=O)N2)c2ccccc2n1. The highest BCUT2D eigenvalue weighted by atomic mass is 16.5. The number of amides is 2. The molecule has 4 rings (SSSR count). The van der Waals surface area contributed by atoms with Gasteiger partial charge in [0.2, 0.25) is 11.8 Å². The molecule has 0 aliphatic carbocycles. The van der Waals surface area contributed by atoms with Crippen molar-refractivity contribution >= 4 is 22.7 Å². The first-order valence-electron chi connectivity index (χ1n) is 9.55. The molecule has 3 heterocycles. The lowest BCUT2D eigenvalue weighted by molar-refractivity contribution is -0.119. The zero-order chi connectivity index (χ0) is 20.2. The summed E-state index contributed by atoms with van der Waals surface area (Å²) in [5, 5.41) is 3.72. The van der Waals surface area contributed by atoms with E-state index in [-0.39, 0.29) is 17.9 Å². The van der Waals surface area contributed by atoms with E-state index in [0.717, 1.165) is 17.4 Å². The van der Waals surface area contributed by atoms with Gasteiger partial charge in [-0.2, -0.15) is 0 Å². The zero-order valence-corrected chi connectivity index (χ0v) is 16.2. The highest BCUT2D eigenvalue weighted by molar-refractivity contribution is 6.06. The standard InChI is InChI=1S/C22H22N4O3/c1-29-21-11-18(17-6-2-3-7-19(17)25-21)22(28)26(13-15-5-4-10-23-12-15)14-16-8-9-20(27)24-16/h2-7,10-12,16H,8-9,13-14H2,1H3,(H,24,27)/t16-/m0/s1. The molecule has 1 aliphatic heterocycles. The first-order valence-corrected chi connectivity index (χ1v) is 9.55. The van der Waals surface area contributed by atoms with Crippen LogP contribution in [0.25, 0.3) is 10.9 Å². The molecule has 1 aliphatic rings. The van der Waals surface area contributed by atoms with Crippen molar-refractivity contribution in [2.45, 2.75) is 25.4 Å². The van der Waals surface area contributed by atoms with Crippen LogP contribution in [0.4, 0.5) is 0 Å². The molecule has 1 N–H and O–H groups in total. The van der Waals surface area contributed by atoms with Crippen LogP contribution in [-0.2, 0) is 11.3 Å². The molecule has 0 unspecified atom stereocenters. The molecule has 7 nitrogen and oxygen atoms in total. The second kappa shape index (κ2) is 8.26. The topological polar surface area (TPSA) is 84.4 Å². The Morgan fingerprint density at radius 3 is 2.86 bits per heavy atom. The Hall–Kier alpha value is -3.48. The van der Waals surface area contributed by atoms with Crippen molar-refractivity contribution in [2.75, 3.05) is 13.7 Å². The summed E-state index contributed by atoms with van der Waals surface area (Å²) in [6, 6.07) is 12.9. The number of para-hydroxylation sites is 1. The lowest BCUT2D eigenvalue weighted by Crippen LogP contribution is -2.41. The average molecular weight is 390 g/mol. The first kappa shape index (κ1) is 18.9. The second-order valence-corrected chi connectivity index (χ2v) is 7.08. The molecule has 1 saturated heterocycles. The van der Waals surface area contributed by atoms with Gasteiger partial charge in [0.05, 0.1) is 18.2 Å². The van der Waals surface area contributed by atoms with E-state index in [9.17, 15) is 9.59 Å². The van der Waals surface area contributed by atoms with Crippen molar-refractivity contribution in [3.8, 4) is 5.88 Å². The highest BCUT2D eigenvalue weighted by Gasteiger charge is 2.27. The van der Waals surface area contributed by atoms with Gasteiger partial charge >= 0.3 is 0 Å². The van der Waals surface area contributed by atoms with Crippen LogP contribution in [0.3, 0.4) is 0 Å². The number of rotatable bonds is 6. The van der Waals surface area contributed by atoms with Crippen LogP contribution in [0, 0.1) is 0 Å². The predicted octanol–water partition coefficient (Wildman–Crippen LogP) is 2.56. The minimum Gasteiger partial charge on any atom is -0.481 e. The van der Waals surface area contributed by atoms with Crippen molar-refractivity contribution < 1.29 is 14.3 Å². The number of benzene rings is 1. The monoisotopic (exact) mass is 390 g/mol. The van der Waals surface area contributed by atoms with Gasteiger partial charge in [0, 0.05) is 49.4 Å². The molecular formula is C22H22N4O3. The summed E-state index contributed by atoms with van der Waals surface area (Å²) < 4.78 is 5.31. The van der Waals surface area contributed by atoms with E-state index in [4.69, 9.17) is 4.74 Å². The maximum Gasteiger partial charge on any atom is 0.255 e. The van der Waals surface area contributed by atoms with Gasteiger partial charge in [0.15, 0.2) is 0 Å². The van der Waals surface area contributed by atoms with Crippen molar-refractivity contribution in [1.29, 1.82) is 0 Å². The number of hydrogen-bond donors (Lipinski definition) is 1. The third kappa shape index (κ3) is 4.18. The fraction of sp³-hybridized carbons (Fsp3) is 0.273. The van der Waals surface area contributed by atoms with Gasteiger partial charge in [-0.3, -0.25) is 14.6 Å². The molecular weight excluding hydrogens is 368 g/mol. The van der Waals surface area contributed by atoms with Crippen LogP contribution < -0.4 is 10.1 Å². The number of ether oxygens (including phenoxy) is 1. The Morgan fingerprint density at radius 1 is 1.28 bits per heavy atom. The van der Waals surface area contributed by atoms with Gasteiger partial charge in [0.1, 0.15) is 0 Å². The number of carbonyl (C=O) groups excluding carboxylic acids is 2. The number of pyridine rings is 2. The normalized spacial score (nSPS) is 15.9. The predicted molar refractivity (Wildman–Crippen MR) is 108 cm³/mol. The number of hydrogen-bond acceptors (Lipinski definition) is 5. The molecule has 3 aromatic rings. The van der Waals surface area contributed by atoms with Crippen molar-refractivity contribution in [3.63, 3.8) is 0 Å². The summed E-state index contributed by atoms with van der Waals surface area (Å²) in [4.78, 5) is 35.6. The largest absolute Gasteiger partial charge is 0.481 e. The molecule has 1 fully saturated rings. The van der Waals surface area contributed by atoms with E-state index in [1.165, 1.54) is 7.11 Å². The number of aromatic nitrogens is 2. The van der Waals surface area contributed by atoms with Crippen LogP contribution >= 0.6 is 0 Å². The maximum atomic E-state index is 13.6. The van der Waals surface area contributed by atoms with Crippen LogP contribution in [0.2, 0.25) is 0 Å². The molecule has 0 saturated carbocycles. The average Bonchev–Trinajstić information content (AvgIpc) is 3.17. The van der Waals surface area contributed by atoms with E-state index in [1.807, 2.05) is 36.4 Å². The molecule has 2 amide bonds. The summed E-state index contributed by atoms with van der Waals surface area (Å²) in [6.45, 7) is 0.830.